The number of phenols is 1. The maximum atomic E-state index is 9.83. The molecule has 7 heteroatoms. The van der Waals surface area contributed by atoms with Gasteiger partial charge in [0.2, 0.25) is 5.88 Å². The molecule has 3 aromatic rings. The topological polar surface area (TPSA) is 97.7 Å². The van der Waals surface area contributed by atoms with Gasteiger partial charge in [-0.1, -0.05) is 35.9 Å². The fraction of sp³-hybridized carbons (Fsp3) is 0.160. The molecule has 0 amide bonds. The van der Waals surface area contributed by atoms with Gasteiger partial charge < -0.3 is 25.1 Å². The van der Waals surface area contributed by atoms with Crippen molar-refractivity contribution in [1.29, 1.82) is 5.26 Å². The van der Waals surface area contributed by atoms with E-state index in [1.807, 2.05) is 49.4 Å². The molecule has 1 aliphatic heterocycles. The first-order valence-electron chi connectivity index (χ1n) is 10.0. The number of allylic oxidation sites excluding steroid dienone is 1. The van der Waals surface area contributed by atoms with Crippen LogP contribution in [0.3, 0.4) is 0 Å². The van der Waals surface area contributed by atoms with Crippen LogP contribution in [0.4, 0.5) is 0 Å². The number of phenolic OH excluding ortho intramolecular Hbond substituents is 1. The number of aromatic hydroxyl groups is 1. The number of nitrogens with two attached hydrogens (primary N) is 1. The Morgan fingerprint density at radius 3 is 2.69 bits per heavy atom. The summed E-state index contributed by atoms with van der Waals surface area (Å²) in [5.41, 5.74) is 8.76. The van der Waals surface area contributed by atoms with Gasteiger partial charge in [0.05, 0.1) is 12.5 Å². The van der Waals surface area contributed by atoms with Crippen molar-refractivity contribution in [2.24, 2.45) is 5.73 Å². The standard InChI is InChI=1S/C25H21ClN2O4/c1-2-30-23-11-16(6-9-21(23)31-14-15-4-3-5-17(26)10-15)24-19-8-7-18(29)12-22(19)32-25(28)20(24)13-27/h3-12,24,29H,2,14,28H2,1H3. The molecule has 1 unspecified atom stereocenters. The zero-order valence-electron chi connectivity index (χ0n) is 17.3. The summed E-state index contributed by atoms with van der Waals surface area (Å²) >= 11 is 6.06. The number of hydrogen-bond acceptors (Lipinski definition) is 6. The zero-order valence-corrected chi connectivity index (χ0v) is 18.1. The number of nitrogens with zero attached hydrogens (tertiary/aromatic N) is 1. The average Bonchev–Trinajstić information content (AvgIpc) is 2.77. The molecule has 0 saturated heterocycles. The van der Waals surface area contributed by atoms with E-state index in [1.165, 1.54) is 6.07 Å². The van der Waals surface area contributed by atoms with Crippen LogP contribution in [0.2, 0.25) is 5.02 Å². The summed E-state index contributed by atoms with van der Waals surface area (Å²) in [6, 6.07) is 19.9. The van der Waals surface area contributed by atoms with Crippen LogP contribution in [0.25, 0.3) is 0 Å². The SMILES string of the molecule is CCOc1cc(C2C(C#N)=C(N)Oc3cc(O)ccc32)ccc1OCc1cccc(Cl)c1. The van der Waals surface area contributed by atoms with Gasteiger partial charge in [-0.05, 0) is 48.4 Å². The van der Waals surface area contributed by atoms with E-state index in [4.69, 9.17) is 31.5 Å². The van der Waals surface area contributed by atoms with Crippen molar-refractivity contribution >= 4 is 11.6 Å². The fourth-order valence-corrected chi connectivity index (χ4v) is 3.88. The number of nitriles is 1. The Morgan fingerprint density at radius 2 is 1.94 bits per heavy atom. The monoisotopic (exact) mass is 448 g/mol. The van der Waals surface area contributed by atoms with Crippen LogP contribution in [0.5, 0.6) is 23.0 Å². The fourth-order valence-electron chi connectivity index (χ4n) is 3.67. The highest BCUT2D eigenvalue weighted by atomic mass is 35.5. The smallest absolute Gasteiger partial charge is 0.205 e. The molecule has 0 fully saturated rings. The number of fused-ring (bicyclic) bond motifs is 1. The number of halogens is 1. The first-order chi connectivity index (χ1) is 15.5. The average molecular weight is 449 g/mol. The summed E-state index contributed by atoms with van der Waals surface area (Å²) < 4.78 is 17.4. The van der Waals surface area contributed by atoms with E-state index in [9.17, 15) is 10.4 Å². The largest absolute Gasteiger partial charge is 0.508 e. The van der Waals surface area contributed by atoms with Gasteiger partial charge in [-0.25, -0.2) is 0 Å². The molecular formula is C25H21ClN2O4. The predicted molar refractivity (Wildman–Crippen MR) is 121 cm³/mol. The zero-order chi connectivity index (χ0) is 22.7. The highest BCUT2D eigenvalue weighted by Crippen LogP contribution is 2.45. The van der Waals surface area contributed by atoms with Gasteiger partial charge in [0.1, 0.15) is 29.7 Å². The molecule has 3 aromatic carbocycles. The van der Waals surface area contributed by atoms with Crippen molar-refractivity contribution in [1.82, 2.24) is 0 Å². The Balaban J connectivity index is 1.71. The highest BCUT2D eigenvalue weighted by molar-refractivity contribution is 6.30. The summed E-state index contributed by atoms with van der Waals surface area (Å²) in [5, 5.41) is 20.2. The normalized spacial score (nSPS) is 14.8. The van der Waals surface area contributed by atoms with E-state index in [-0.39, 0.29) is 11.6 Å². The van der Waals surface area contributed by atoms with E-state index >= 15 is 0 Å². The molecular weight excluding hydrogens is 428 g/mol. The van der Waals surface area contributed by atoms with E-state index in [0.717, 1.165) is 16.7 Å². The van der Waals surface area contributed by atoms with Crippen LogP contribution in [0.1, 0.15) is 29.5 Å². The van der Waals surface area contributed by atoms with Crippen molar-refractivity contribution < 1.29 is 19.3 Å². The number of benzene rings is 3. The molecule has 0 spiro atoms. The molecule has 4 rings (SSSR count). The Hall–Kier alpha value is -3.82. The maximum absolute atomic E-state index is 9.83. The third-order valence-electron chi connectivity index (χ3n) is 5.09. The molecule has 1 aliphatic rings. The lowest BCUT2D eigenvalue weighted by molar-refractivity contribution is 0.269. The lowest BCUT2D eigenvalue weighted by Crippen LogP contribution is -2.21. The van der Waals surface area contributed by atoms with Crippen LogP contribution >= 0.6 is 11.6 Å². The molecule has 6 nitrogen and oxygen atoms in total. The Bertz CT molecular complexity index is 1230. The second-order valence-corrected chi connectivity index (χ2v) is 7.64. The lowest BCUT2D eigenvalue weighted by Gasteiger charge is -2.27. The van der Waals surface area contributed by atoms with Gasteiger partial charge in [0, 0.05) is 16.7 Å². The molecule has 0 saturated carbocycles. The molecule has 32 heavy (non-hydrogen) atoms. The molecule has 0 radical (unpaired) electrons. The van der Waals surface area contributed by atoms with E-state index in [2.05, 4.69) is 6.07 Å². The quantitative estimate of drug-likeness (QED) is 0.535. The van der Waals surface area contributed by atoms with E-state index in [1.54, 1.807) is 12.1 Å². The molecule has 0 aliphatic carbocycles. The second-order valence-electron chi connectivity index (χ2n) is 7.20. The van der Waals surface area contributed by atoms with Crippen LogP contribution in [0.15, 0.2) is 72.1 Å². The van der Waals surface area contributed by atoms with Crippen LogP contribution in [-0.2, 0) is 6.61 Å². The summed E-state index contributed by atoms with van der Waals surface area (Å²) in [6.45, 7) is 2.66. The molecule has 1 heterocycles. The van der Waals surface area contributed by atoms with Crippen molar-refractivity contribution in [3.8, 4) is 29.1 Å². The van der Waals surface area contributed by atoms with Crippen molar-refractivity contribution in [3.63, 3.8) is 0 Å². The predicted octanol–water partition coefficient (Wildman–Crippen LogP) is 5.24. The summed E-state index contributed by atoms with van der Waals surface area (Å²) in [6.07, 6.45) is 0. The Kier molecular flexibility index (Phi) is 6.11. The summed E-state index contributed by atoms with van der Waals surface area (Å²) in [5.74, 6) is 1.13. The minimum absolute atomic E-state index is 0.00911. The minimum Gasteiger partial charge on any atom is -0.508 e. The van der Waals surface area contributed by atoms with Gasteiger partial charge in [-0.3, -0.25) is 0 Å². The first-order valence-corrected chi connectivity index (χ1v) is 10.4. The van der Waals surface area contributed by atoms with Gasteiger partial charge in [0.25, 0.3) is 0 Å². The Morgan fingerprint density at radius 1 is 1.09 bits per heavy atom. The first kappa shape index (κ1) is 21.4. The summed E-state index contributed by atoms with van der Waals surface area (Å²) in [7, 11) is 0. The van der Waals surface area contributed by atoms with Gasteiger partial charge in [-0.2, -0.15) is 5.26 Å². The van der Waals surface area contributed by atoms with Crippen LogP contribution in [0, 0.1) is 11.3 Å². The third-order valence-corrected chi connectivity index (χ3v) is 5.32. The number of rotatable bonds is 6. The minimum atomic E-state index is -0.467. The van der Waals surface area contributed by atoms with Crippen molar-refractivity contribution in [3.05, 3.63) is 93.8 Å². The van der Waals surface area contributed by atoms with Crippen LogP contribution < -0.4 is 19.9 Å². The van der Waals surface area contributed by atoms with Crippen LogP contribution in [-0.4, -0.2) is 11.7 Å². The lowest BCUT2D eigenvalue weighted by atomic mass is 9.83. The van der Waals surface area contributed by atoms with E-state index < -0.39 is 5.92 Å². The van der Waals surface area contributed by atoms with E-state index in [0.29, 0.717) is 41.1 Å². The molecule has 0 aromatic heterocycles. The highest BCUT2D eigenvalue weighted by Gasteiger charge is 2.31. The molecule has 3 N–H and O–H groups in total. The van der Waals surface area contributed by atoms with Gasteiger partial charge in [0.15, 0.2) is 11.5 Å². The number of ether oxygens (including phenoxy) is 3. The third kappa shape index (κ3) is 4.29. The van der Waals surface area contributed by atoms with Crippen molar-refractivity contribution in [2.75, 3.05) is 6.61 Å². The second kappa shape index (κ2) is 9.13. The number of hydrogen-bond donors (Lipinski definition) is 2. The molecule has 1 atom stereocenters. The molecule has 162 valence electrons. The van der Waals surface area contributed by atoms with Gasteiger partial charge in [-0.15, -0.1) is 0 Å². The Labute approximate surface area is 191 Å². The van der Waals surface area contributed by atoms with Crippen molar-refractivity contribution in [2.45, 2.75) is 19.4 Å². The molecule has 0 bridgehead atoms. The summed E-state index contributed by atoms with van der Waals surface area (Å²) in [4.78, 5) is 0. The maximum Gasteiger partial charge on any atom is 0.205 e. The van der Waals surface area contributed by atoms with Gasteiger partial charge >= 0.3 is 0 Å².